The Morgan fingerprint density at radius 1 is 1.33 bits per heavy atom. The molecule has 0 spiro atoms. The third kappa shape index (κ3) is 3.19. The zero-order valence-corrected chi connectivity index (χ0v) is 11.1. The molecule has 0 atom stereocenters. The van der Waals surface area contributed by atoms with Gasteiger partial charge in [-0.1, -0.05) is 37.5 Å². The molecular formula is C14H18FNOS. The third-order valence-electron chi connectivity index (χ3n) is 3.42. The van der Waals surface area contributed by atoms with E-state index in [1.807, 2.05) is 0 Å². The van der Waals surface area contributed by atoms with Crippen molar-refractivity contribution in [1.82, 2.24) is 0 Å². The predicted molar refractivity (Wildman–Crippen MR) is 74.4 cm³/mol. The summed E-state index contributed by atoms with van der Waals surface area (Å²) in [5.41, 5.74) is 5.76. The molecule has 2 nitrogen and oxygen atoms in total. The number of halogens is 1. The minimum absolute atomic E-state index is 0.0479. The summed E-state index contributed by atoms with van der Waals surface area (Å²) in [5, 5.41) is 0. The van der Waals surface area contributed by atoms with E-state index >= 15 is 0 Å². The lowest BCUT2D eigenvalue weighted by Crippen LogP contribution is -2.18. The van der Waals surface area contributed by atoms with Gasteiger partial charge in [-0.2, -0.15) is 0 Å². The second kappa shape index (κ2) is 6.14. The molecule has 1 aromatic rings. The van der Waals surface area contributed by atoms with Gasteiger partial charge in [0.05, 0.1) is 12.2 Å². The van der Waals surface area contributed by atoms with Gasteiger partial charge < -0.3 is 10.5 Å². The van der Waals surface area contributed by atoms with E-state index in [1.165, 1.54) is 38.2 Å². The van der Waals surface area contributed by atoms with E-state index in [2.05, 4.69) is 0 Å². The maximum absolute atomic E-state index is 13.6. The highest BCUT2D eigenvalue weighted by Gasteiger charge is 2.17. The van der Waals surface area contributed by atoms with Crippen LogP contribution in [0.2, 0.25) is 0 Å². The highest BCUT2D eigenvalue weighted by atomic mass is 32.1. The Labute approximate surface area is 112 Å². The Bertz CT molecular complexity index is 430. The van der Waals surface area contributed by atoms with Gasteiger partial charge >= 0.3 is 0 Å². The molecule has 98 valence electrons. The van der Waals surface area contributed by atoms with Crippen molar-refractivity contribution in [2.24, 2.45) is 11.7 Å². The van der Waals surface area contributed by atoms with Crippen molar-refractivity contribution in [3.05, 3.63) is 29.6 Å². The van der Waals surface area contributed by atoms with E-state index in [4.69, 9.17) is 22.7 Å². The number of benzene rings is 1. The van der Waals surface area contributed by atoms with Crippen LogP contribution in [0.15, 0.2) is 18.2 Å². The van der Waals surface area contributed by atoms with Gasteiger partial charge in [0, 0.05) is 0 Å². The van der Waals surface area contributed by atoms with Crippen LogP contribution in [0, 0.1) is 11.7 Å². The average Bonchev–Trinajstić information content (AvgIpc) is 2.37. The Morgan fingerprint density at radius 2 is 2.06 bits per heavy atom. The smallest absolute Gasteiger partial charge is 0.137 e. The van der Waals surface area contributed by atoms with Crippen molar-refractivity contribution >= 4 is 17.2 Å². The van der Waals surface area contributed by atoms with E-state index in [0.29, 0.717) is 18.3 Å². The van der Waals surface area contributed by atoms with Gasteiger partial charge in [0.2, 0.25) is 0 Å². The molecule has 1 aliphatic rings. The fourth-order valence-electron chi connectivity index (χ4n) is 2.43. The number of hydrogen-bond donors (Lipinski definition) is 1. The number of rotatable bonds is 4. The summed E-state index contributed by atoms with van der Waals surface area (Å²) in [6.45, 7) is 0.624. The first-order valence-electron chi connectivity index (χ1n) is 6.39. The van der Waals surface area contributed by atoms with Crippen molar-refractivity contribution < 1.29 is 9.13 Å². The zero-order chi connectivity index (χ0) is 13.0. The van der Waals surface area contributed by atoms with Gasteiger partial charge in [-0.15, -0.1) is 0 Å². The molecule has 2 N–H and O–H groups in total. The van der Waals surface area contributed by atoms with Crippen LogP contribution in [0.5, 0.6) is 5.75 Å². The summed E-state index contributed by atoms with van der Waals surface area (Å²) in [4.78, 5) is 0.0479. The van der Waals surface area contributed by atoms with Crippen LogP contribution < -0.4 is 10.5 Å². The molecule has 0 heterocycles. The minimum atomic E-state index is -0.413. The number of hydrogen-bond acceptors (Lipinski definition) is 2. The van der Waals surface area contributed by atoms with Crippen molar-refractivity contribution in [1.29, 1.82) is 0 Å². The minimum Gasteiger partial charge on any atom is -0.492 e. The van der Waals surface area contributed by atoms with Crippen LogP contribution in [0.4, 0.5) is 4.39 Å². The highest BCUT2D eigenvalue weighted by Crippen LogP contribution is 2.26. The van der Waals surface area contributed by atoms with E-state index in [0.717, 1.165) is 0 Å². The summed E-state index contributed by atoms with van der Waals surface area (Å²) in [7, 11) is 0. The number of nitrogens with two attached hydrogens (primary N) is 1. The summed E-state index contributed by atoms with van der Waals surface area (Å²) >= 11 is 4.87. The molecule has 4 heteroatoms. The van der Waals surface area contributed by atoms with Crippen molar-refractivity contribution in [3.63, 3.8) is 0 Å². The Balaban J connectivity index is 2.04. The molecule has 1 aliphatic carbocycles. The lowest BCUT2D eigenvalue weighted by molar-refractivity contribution is 0.208. The zero-order valence-electron chi connectivity index (χ0n) is 10.3. The fourth-order valence-corrected chi connectivity index (χ4v) is 2.62. The molecule has 0 unspecified atom stereocenters. The molecule has 1 aromatic carbocycles. The normalized spacial score (nSPS) is 16.5. The monoisotopic (exact) mass is 267 g/mol. The Hall–Kier alpha value is -1.16. The fraction of sp³-hybridized carbons (Fsp3) is 0.500. The second-order valence-electron chi connectivity index (χ2n) is 4.79. The summed E-state index contributed by atoms with van der Waals surface area (Å²) in [5.74, 6) is 0.623. The van der Waals surface area contributed by atoms with E-state index < -0.39 is 5.82 Å². The molecule has 0 radical (unpaired) electrons. The van der Waals surface area contributed by atoms with E-state index in [1.54, 1.807) is 12.1 Å². The molecule has 1 fully saturated rings. The van der Waals surface area contributed by atoms with Gasteiger partial charge in [0.1, 0.15) is 16.6 Å². The standard InChI is InChI=1S/C14H18FNOS/c15-11-7-4-8-12(13(11)14(16)18)17-9-10-5-2-1-3-6-10/h4,7-8,10H,1-3,5-6,9H2,(H2,16,18). The van der Waals surface area contributed by atoms with Crippen LogP contribution in [-0.2, 0) is 0 Å². The molecule has 0 bridgehead atoms. The lowest BCUT2D eigenvalue weighted by atomic mass is 9.90. The van der Waals surface area contributed by atoms with E-state index in [9.17, 15) is 4.39 Å². The van der Waals surface area contributed by atoms with Crippen molar-refractivity contribution in [2.45, 2.75) is 32.1 Å². The molecular weight excluding hydrogens is 249 g/mol. The average molecular weight is 267 g/mol. The molecule has 0 aromatic heterocycles. The summed E-state index contributed by atoms with van der Waals surface area (Å²) < 4.78 is 19.3. The highest BCUT2D eigenvalue weighted by molar-refractivity contribution is 7.80. The first-order chi connectivity index (χ1) is 8.68. The van der Waals surface area contributed by atoms with Crippen LogP contribution >= 0.6 is 12.2 Å². The van der Waals surface area contributed by atoms with Gasteiger partial charge in [-0.3, -0.25) is 0 Å². The van der Waals surface area contributed by atoms with E-state index in [-0.39, 0.29) is 10.6 Å². The van der Waals surface area contributed by atoms with Crippen LogP contribution in [0.3, 0.4) is 0 Å². The quantitative estimate of drug-likeness (QED) is 0.849. The number of thiocarbonyl (C=S) groups is 1. The van der Waals surface area contributed by atoms with Crippen LogP contribution in [-0.4, -0.2) is 11.6 Å². The van der Waals surface area contributed by atoms with Gasteiger partial charge in [0.15, 0.2) is 0 Å². The van der Waals surface area contributed by atoms with Crippen molar-refractivity contribution in [3.8, 4) is 5.75 Å². The number of ether oxygens (including phenoxy) is 1. The van der Waals surface area contributed by atoms with Crippen LogP contribution in [0.1, 0.15) is 37.7 Å². The molecule has 18 heavy (non-hydrogen) atoms. The molecule has 1 saturated carbocycles. The predicted octanol–water partition coefficient (Wildman–Crippen LogP) is 3.42. The topological polar surface area (TPSA) is 35.2 Å². The van der Waals surface area contributed by atoms with Gasteiger partial charge in [0.25, 0.3) is 0 Å². The maximum Gasteiger partial charge on any atom is 0.137 e. The Morgan fingerprint density at radius 3 is 2.72 bits per heavy atom. The maximum atomic E-state index is 13.6. The van der Waals surface area contributed by atoms with Crippen molar-refractivity contribution in [2.75, 3.05) is 6.61 Å². The molecule has 0 aliphatic heterocycles. The molecule has 2 rings (SSSR count). The Kier molecular flexibility index (Phi) is 4.53. The second-order valence-corrected chi connectivity index (χ2v) is 5.23. The largest absolute Gasteiger partial charge is 0.492 e. The SMILES string of the molecule is NC(=S)c1c(F)cccc1OCC1CCCCC1. The van der Waals surface area contributed by atoms with Gasteiger partial charge in [-0.25, -0.2) is 4.39 Å². The lowest BCUT2D eigenvalue weighted by Gasteiger charge is -2.22. The first-order valence-corrected chi connectivity index (χ1v) is 6.80. The van der Waals surface area contributed by atoms with Crippen LogP contribution in [0.25, 0.3) is 0 Å². The summed E-state index contributed by atoms with van der Waals surface area (Å²) in [6, 6.07) is 4.69. The third-order valence-corrected chi connectivity index (χ3v) is 3.63. The molecule has 0 saturated heterocycles. The first kappa shape index (κ1) is 13.3. The summed E-state index contributed by atoms with van der Waals surface area (Å²) in [6.07, 6.45) is 6.22. The molecule has 0 amide bonds. The van der Waals surface area contributed by atoms with Gasteiger partial charge in [-0.05, 0) is 30.9 Å².